The Morgan fingerprint density at radius 2 is 1.69 bits per heavy atom. The first kappa shape index (κ1) is 12.4. The van der Waals surface area contributed by atoms with Gasteiger partial charge in [-0.3, -0.25) is 0 Å². The van der Waals surface area contributed by atoms with Crippen LogP contribution in [-0.4, -0.2) is 28.1 Å². The largest absolute Gasteiger partial charge is 0.519 e. The van der Waals surface area contributed by atoms with Crippen LogP contribution in [0.4, 0.5) is 0 Å². The summed E-state index contributed by atoms with van der Waals surface area (Å²) in [5.74, 6) is -0.844. The number of carbonyl (C=O) groups is 2. The van der Waals surface area contributed by atoms with Crippen LogP contribution in [0.3, 0.4) is 0 Å². The Morgan fingerprint density at radius 1 is 1.12 bits per heavy atom. The molecule has 0 fully saturated rings. The Balaban J connectivity index is 2.90. The molecule has 0 aliphatic rings. The third kappa shape index (κ3) is 3.20. The number of esters is 1. The maximum absolute atomic E-state index is 11.6. The minimum atomic E-state index is -1.41. The van der Waals surface area contributed by atoms with Crippen molar-refractivity contribution in [2.45, 2.75) is 13.1 Å². The Labute approximate surface area is 95.9 Å². The summed E-state index contributed by atoms with van der Waals surface area (Å²) in [7, 11) is -0.111. The highest BCUT2D eigenvalue weighted by Gasteiger charge is 2.12. The predicted molar refractivity (Wildman–Crippen MR) is 62.1 cm³/mol. The molecule has 1 aromatic rings. The summed E-state index contributed by atoms with van der Waals surface area (Å²) in [5, 5.41) is 0. The summed E-state index contributed by atoms with van der Waals surface area (Å²) in [6.45, 7) is 3.81. The lowest BCUT2D eigenvalue weighted by atomic mass is 10.1. The van der Waals surface area contributed by atoms with E-state index in [1.165, 1.54) is 13.2 Å². The molecule has 5 heteroatoms. The molecule has 0 aromatic heterocycles. The van der Waals surface area contributed by atoms with E-state index in [9.17, 15) is 9.59 Å². The summed E-state index contributed by atoms with van der Waals surface area (Å²) in [6.07, 6.45) is 0. The van der Waals surface area contributed by atoms with E-state index in [-0.39, 0.29) is 5.97 Å². The normalized spacial score (nSPS) is 10.0. The fourth-order valence-electron chi connectivity index (χ4n) is 1.17. The topological polar surface area (TPSA) is 52.6 Å². The van der Waals surface area contributed by atoms with Gasteiger partial charge in [-0.25, -0.2) is 9.59 Å². The Hall–Kier alpha value is -1.62. The molecule has 1 rings (SSSR count). The molecule has 0 amide bonds. The van der Waals surface area contributed by atoms with Crippen LogP contribution >= 0.6 is 0 Å². The summed E-state index contributed by atoms with van der Waals surface area (Å²) in [6, 6.07) is 6.32. The number of hydrogen-bond acceptors (Lipinski definition) is 4. The number of rotatable bonds is 3. The smallest absolute Gasteiger partial charge is 0.337 e. The molecule has 0 heterocycles. The zero-order valence-electron chi connectivity index (χ0n) is 9.52. The van der Waals surface area contributed by atoms with Gasteiger partial charge in [-0.2, -0.15) is 0 Å². The van der Waals surface area contributed by atoms with E-state index in [0.29, 0.717) is 11.1 Å². The lowest BCUT2D eigenvalue weighted by Crippen LogP contribution is -2.15. The lowest BCUT2D eigenvalue weighted by Gasteiger charge is -2.07. The van der Waals surface area contributed by atoms with E-state index < -0.39 is 15.0 Å². The van der Waals surface area contributed by atoms with Crippen LogP contribution in [0.1, 0.15) is 20.7 Å². The average Bonchev–Trinajstić information content (AvgIpc) is 2.27. The van der Waals surface area contributed by atoms with E-state index in [1.807, 2.05) is 13.1 Å². The average molecular weight is 238 g/mol. The first-order valence-electron chi connectivity index (χ1n) is 4.94. The van der Waals surface area contributed by atoms with Crippen LogP contribution in [0.25, 0.3) is 0 Å². The van der Waals surface area contributed by atoms with E-state index in [4.69, 9.17) is 4.43 Å². The number of hydrogen-bond donors (Lipinski definition) is 0. The van der Waals surface area contributed by atoms with Crippen LogP contribution in [-0.2, 0) is 9.16 Å². The van der Waals surface area contributed by atoms with Gasteiger partial charge in [0.2, 0.25) is 9.04 Å². The van der Waals surface area contributed by atoms with Crippen LogP contribution in [0.5, 0.6) is 0 Å². The molecule has 0 unspecified atom stereocenters. The van der Waals surface area contributed by atoms with Gasteiger partial charge in [0, 0.05) is 0 Å². The molecule has 1 aromatic carbocycles. The summed E-state index contributed by atoms with van der Waals surface area (Å²) >= 11 is 0. The maximum Gasteiger partial charge on any atom is 0.337 e. The zero-order valence-corrected chi connectivity index (χ0v) is 10.7. The fraction of sp³-hybridized carbons (Fsp3) is 0.273. The maximum atomic E-state index is 11.6. The van der Waals surface area contributed by atoms with Crippen molar-refractivity contribution in [3.05, 3.63) is 35.4 Å². The van der Waals surface area contributed by atoms with Gasteiger partial charge < -0.3 is 9.16 Å². The molecule has 0 aliphatic carbocycles. The minimum absolute atomic E-state index is 0.349. The van der Waals surface area contributed by atoms with Gasteiger partial charge in [0.05, 0.1) is 18.2 Å². The molecule has 0 bridgehead atoms. The van der Waals surface area contributed by atoms with Crippen LogP contribution in [0.15, 0.2) is 24.3 Å². The standard InChI is InChI=1S/C11H14O4Si/c1-14-10(12)8-5-4-6-9(7-8)11(13)15-16(2)3/h4-7,16H,1-3H3. The van der Waals surface area contributed by atoms with Crippen LogP contribution in [0.2, 0.25) is 13.1 Å². The van der Waals surface area contributed by atoms with E-state index in [1.54, 1.807) is 18.2 Å². The highest BCUT2D eigenvalue weighted by molar-refractivity contribution is 6.51. The first-order chi connectivity index (χ1) is 7.54. The SMILES string of the molecule is COC(=O)c1cccc(C(=O)O[SiH](C)C)c1. The van der Waals surface area contributed by atoms with Crippen molar-refractivity contribution in [3.8, 4) is 0 Å². The van der Waals surface area contributed by atoms with Crippen molar-refractivity contribution in [3.63, 3.8) is 0 Å². The molecule has 0 saturated carbocycles. The molecule has 16 heavy (non-hydrogen) atoms. The Bertz CT molecular complexity index is 401. The van der Waals surface area contributed by atoms with Gasteiger partial charge in [0.25, 0.3) is 0 Å². The summed E-state index contributed by atoms with van der Waals surface area (Å²) in [4.78, 5) is 22.8. The summed E-state index contributed by atoms with van der Waals surface area (Å²) < 4.78 is 9.72. The molecule has 0 atom stereocenters. The monoisotopic (exact) mass is 238 g/mol. The molecule has 0 saturated heterocycles. The van der Waals surface area contributed by atoms with Crippen molar-refractivity contribution in [2.24, 2.45) is 0 Å². The Morgan fingerprint density at radius 3 is 2.19 bits per heavy atom. The second kappa shape index (κ2) is 5.46. The van der Waals surface area contributed by atoms with Crippen molar-refractivity contribution in [1.82, 2.24) is 0 Å². The molecule has 0 radical (unpaired) electrons. The van der Waals surface area contributed by atoms with Crippen molar-refractivity contribution in [2.75, 3.05) is 7.11 Å². The van der Waals surface area contributed by atoms with Gasteiger partial charge in [-0.05, 0) is 31.3 Å². The molecular weight excluding hydrogens is 224 g/mol. The summed E-state index contributed by atoms with van der Waals surface area (Å²) in [5.41, 5.74) is 0.728. The highest BCUT2D eigenvalue weighted by Crippen LogP contribution is 2.08. The first-order valence-corrected chi connectivity index (χ1v) is 7.72. The van der Waals surface area contributed by atoms with Gasteiger partial charge in [-0.15, -0.1) is 0 Å². The molecule has 86 valence electrons. The van der Waals surface area contributed by atoms with Gasteiger partial charge >= 0.3 is 11.9 Å². The minimum Gasteiger partial charge on any atom is -0.519 e. The molecule has 0 aliphatic heterocycles. The van der Waals surface area contributed by atoms with Gasteiger partial charge in [-0.1, -0.05) is 6.07 Å². The lowest BCUT2D eigenvalue weighted by molar-refractivity contribution is 0.0600. The van der Waals surface area contributed by atoms with E-state index >= 15 is 0 Å². The van der Waals surface area contributed by atoms with E-state index in [0.717, 1.165) is 0 Å². The number of ether oxygens (including phenoxy) is 1. The number of benzene rings is 1. The van der Waals surface area contributed by atoms with Crippen molar-refractivity contribution >= 4 is 21.0 Å². The number of methoxy groups -OCH3 is 1. The fourth-order valence-corrected chi connectivity index (χ4v) is 1.74. The van der Waals surface area contributed by atoms with Crippen molar-refractivity contribution < 1.29 is 18.8 Å². The Kier molecular flexibility index (Phi) is 4.25. The third-order valence-electron chi connectivity index (χ3n) is 1.86. The number of carbonyl (C=O) groups excluding carboxylic acids is 2. The highest BCUT2D eigenvalue weighted by atomic mass is 28.3. The zero-order chi connectivity index (χ0) is 12.1. The second-order valence-corrected chi connectivity index (χ2v) is 5.86. The molecule has 4 nitrogen and oxygen atoms in total. The van der Waals surface area contributed by atoms with Crippen LogP contribution in [0, 0.1) is 0 Å². The third-order valence-corrected chi connectivity index (χ3v) is 2.55. The van der Waals surface area contributed by atoms with Crippen LogP contribution < -0.4 is 0 Å². The molecule has 0 N–H and O–H groups in total. The van der Waals surface area contributed by atoms with Gasteiger partial charge in [0.15, 0.2) is 0 Å². The molecule has 0 spiro atoms. The second-order valence-electron chi connectivity index (χ2n) is 3.53. The quantitative estimate of drug-likeness (QED) is 0.593. The van der Waals surface area contributed by atoms with E-state index in [2.05, 4.69) is 4.74 Å². The van der Waals surface area contributed by atoms with Crippen molar-refractivity contribution in [1.29, 1.82) is 0 Å². The van der Waals surface area contributed by atoms with Gasteiger partial charge in [0.1, 0.15) is 0 Å². The molecular formula is C11H14O4Si. The predicted octanol–water partition coefficient (Wildman–Crippen LogP) is 1.61.